The van der Waals surface area contributed by atoms with E-state index in [4.69, 9.17) is 0 Å². The molecule has 0 spiro atoms. The molecule has 0 amide bonds. The van der Waals surface area contributed by atoms with Crippen molar-refractivity contribution in [1.82, 2.24) is 15.2 Å². The average Bonchev–Trinajstić information content (AvgIpc) is 2.67. The lowest BCUT2D eigenvalue weighted by molar-refractivity contribution is 0.152. The van der Waals surface area contributed by atoms with Crippen LogP contribution in [0.4, 0.5) is 0 Å². The minimum absolute atomic E-state index is 0.484. The number of piperidine rings is 1. The molecule has 0 unspecified atom stereocenters. The summed E-state index contributed by atoms with van der Waals surface area (Å²) in [5.74, 6) is 0.569. The summed E-state index contributed by atoms with van der Waals surface area (Å²) in [6, 6.07) is 16.2. The Bertz CT molecular complexity index is 591. The molecule has 2 heterocycles. The van der Waals surface area contributed by atoms with Crippen LogP contribution in [0.3, 0.4) is 0 Å². The van der Waals surface area contributed by atoms with Gasteiger partial charge in [-0.3, -0.25) is 9.88 Å². The van der Waals surface area contributed by atoms with Crippen LogP contribution in [-0.2, 0) is 0 Å². The molecule has 1 N–H and O–H groups in total. The molecule has 1 fully saturated rings. The van der Waals surface area contributed by atoms with E-state index in [2.05, 4.69) is 71.5 Å². The van der Waals surface area contributed by atoms with E-state index in [1.807, 2.05) is 12.4 Å². The van der Waals surface area contributed by atoms with Crippen molar-refractivity contribution in [2.24, 2.45) is 0 Å². The first kappa shape index (κ1) is 17.1. The third-order valence-corrected chi connectivity index (χ3v) is 5.35. The van der Waals surface area contributed by atoms with Crippen LogP contribution in [0.5, 0.6) is 0 Å². The normalized spacial score (nSPS) is 19.1. The fourth-order valence-electron chi connectivity index (χ4n) is 3.59. The Labute approximate surface area is 146 Å². The van der Waals surface area contributed by atoms with Crippen molar-refractivity contribution in [2.75, 3.05) is 19.6 Å². The number of hydrogen-bond acceptors (Lipinski definition) is 3. The summed E-state index contributed by atoms with van der Waals surface area (Å²) in [5, 5.41) is 3.78. The number of likely N-dealkylation sites (tertiary alicyclic amines) is 1. The zero-order valence-corrected chi connectivity index (χ0v) is 14.9. The molecule has 1 aromatic carbocycles. The van der Waals surface area contributed by atoms with Crippen LogP contribution in [-0.4, -0.2) is 35.6 Å². The zero-order chi connectivity index (χ0) is 16.8. The fraction of sp³-hybridized carbons (Fsp3) is 0.476. The van der Waals surface area contributed by atoms with Crippen molar-refractivity contribution in [2.45, 2.75) is 44.7 Å². The number of hydrogen-bond donors (Lipinski definition) is 1. The summed E-state index contributed by atoms with van der Waals surface area (Å²) >= 11 is 0. The Morgan fingerprint density at radius 2 is 1.67 bits per heavy atom. The minimum Gasteiger partial charge on any atom is -0.313 e. The predicted octanol–water partition coefficient (Wildman–Crippen LogP) is 4.00. The van der Waals surface area contributed by atoms with Gasteiger partial charge in [0.2, 0.25) is 0 Å². The number of aromatic nitrogens is 1. The van der Waals surface area contributed by atoms with Crippen LogP contribution < -0.4 is 5.32 Å². The van der Waals surface area contributed by atoms with E-state index in [0.717, 1.165) is 6.54 Å². The summed E-state index contributed by atoms with van der Waals surface area (Å²) in [6.07, 6.45) is 6.25. The smallest absolute Gasteiger partial charge is 0.0321 e. The molecular formula is C21H29N3. The molecule has 0 saturated carbocycles. The fourth-order valence-corrected chi connectivity index (χ4v) is 3.59. The molecule has 1 aromatic heterocycles. The van der Waals surface area contributed by atoms with E-state index in [9.17, 15) is 0 Å². The van der Waals surface area contributed by atoms with E-state index in [0.29, 0.717) is 18.0 Å². The molecule has 24 heavy (non-hydrogen) atoms. The molecule has 2 atom stereocenters. The maximum atomic E-state index is 4.12. The van der Waals surface area contributed by atoms with E-state index in [-0.39, 0.29) is 0 Å². The van der Waals surface area contributed by atoms with Crippen LogP contribution in [0.15, 0.2) is 54.9 Å². The van der Waals surface area contributed by atoms with Crippen LogP contribution in [0.25, 0.3) is 0 Å². The Morgan fingerprint density at radius 1 is 1.00 bits per heavy atom. The predicted molar refractivity (Wildman–Crippen MR) is 100 cm³/mol. The van der Waals surface area contributed by atoms with Gasteiger partial charge in [-0.05, 0) is 48.9 Å². The first-order valence-corrected chi connectivity index (χ1v) is 9.16. The second-order valence-corrected chi connectivity index (χ2v) is 6.99. The molecule has 2 aromatic rings. The van der Waals surface area contributed by atoms with E-state index in [1.165, 1.54) is 37.1 Å². The lowest BCUT2D eigenvalue weighted by Gasteiger charge is -2.37. The number of nitrogens with zero attached hydrogens (tertiary/aromatic N) is 2. The monoisotopic (exact) mass is 323 g/mol. The zero-order valence-electron chi connectivity index (χ0n) is 14.9. The molecule has 1 aliphatic heterocycles. The van der Waals surface area contributed by atoms with Gasteiger partial charge in [0.25, 0.3) is 0 Å². The highest BCUT2D eigenvalue weighted by Crippen LogP contribution is 2.24. The highest BCUT2D eigenvalue weighted by atomic mass is 15.2. The van der Waals surface area contributed by atoms with Gasteiger partial charge in [-0.2, -0.15) is 0 Å². The van der Waals surface area contributed by atoms with Crippen LogP contribution in [0, 0.1) is 0 Å². The van der Waals surface area contributed by atoms with Crippen LogP contribution >= 0.6 is 0 Å². The largest absolute Gasteiger partial charge is 0.313 e. The lowest BCUT2D eigenvalue weighted by Crippen LogP contribution is -2.44. The summed E-state index contributed by atoms with van der Waals surface area (Å²) < 4.78 is 0. The third kappa shape index (κ3) is 4.43. The quantitative estimate of drug-likeness (QED) is 0.871. The van der Waals surface area contributed by atoms with E-state index < -0.39 is 0 Å². The molecule has 0 aliphatic carbocycles. The molecule has 3 rings (SSSR count). The standard InChI is InChI=1S/C21H29N3/c1-17(19-6-4-3-5-7-19)16-23-21-10-14-24(15-11-21)18(2)20-8-12-22-13-9-20/h3-9,12-13,17-18,21,23H,10-11,14-16H2,1-2H3/t17-,18-/m1/s1. The second-order valence-electron chi connectivity index (χ2n) is 6.99. The van der Waals surface area contributed by atoms with Crippen molar-refractivity contribution in [3.63, 3.8) is 0 Å². The average molecular weight is 323 g/mol. The summed E-state index contributed by atoms with van der Waals surface area (Å²) in [6.45, 7) is 8.01. The van der Waals surface area contributed by atoms with Gasteiger partial charge in [-0.15, -0.1) is 0 Å². The van der Waals surface area contributed by atoms with Crippen molar-refractivity contribution in [1.29, 1.82) is 0 Å². The maximum absolute atomic E-state index is 4.12. The summed E-state index contributed by atoms with van der Waals surface area (Å²) in [7, 11) is 0. The summed E-state index contributed by atoms with van der Waals surface area (Å²) in [5.41, 5.74) is 2.79. The molecule has 0 bridgehead atoms. The lowest BCUT2D eigenvalue weighted by atomic mass is 9.98. The topological polar surface area (TPSA) is 28.2 Å². The molecule has 3 heteroatoms. The summed E-state index contributed by atoms with van der Waals surface area (Å²) in [4.78, 5) is 6.71. The van der Waals surface area contributed by atoms with Crippen molar-refractivity contribution in [3.05, 3.63) is 66.0 Å². The molecule has 3 nitrogen and oxygen atoms in total. The van der Waals surface area contributed by atoms with Gasteiger partial charge in [0.1, 0.15) is 0 Å². The molecule has 1 aliphatic rings. The van der Waals surface area contributed by atoms with Gasteiger partial charge < -0.3 is 5.32 Å². The van der Waals surface area contributed by atoms with E-state index >= 15 is 0 Å². The minimum atomic E-state index is 0.484. The Balaban J connectivity index is 1.44. The van der Waals surface area contributed by atoms with Crippen molar-refractivity contribution < 1.29 is 0 Å². The number of nitrogens with one attached hydrogen (secondary N) is 1. The molecule has 1 saturated heterocycles. The molecular weight excluding hydrogens is 294 g/mol. The van der Waals surface area contributed by atoms with Crippen molar-refractivity contribution in [3.8, 4) is 0 Å². The van der Waals surface area contributed by atoms with Crippen LogP contribution in [0.1, 0.15) is 49.8 Å². The maximum Gasteiger partial charge on any atom is 0.0321 e. The molecule has 0 radical (unpaired) electrons. The first-order valence-electron chi connectivity index (χ1n) is 9.16. The number of rotatable bonds is 6. The van der Waals surface area contributed by atoms with E-state index in [1.54, 1.807) is 0 Å². The number of pyridine rings is 1. The Kier molecular flexibility index (Phi) is 6.00. The van der Waals surface area contributed by atoms with Gasteiger partial charge in [0, 0.05) is 44.1 Å². The highest BCUT2D eigenvalue weighted by Gasteiger charge is 2.23. The van der Waals surface area contributed by atoms with Gasteiger partial charge in [-0.25, -0.2) is 0 Å². The third-order valence-electron chi connectivity index (χ3n) is 5.35. The van der Waals surface area contributed by atoms with Gasteiger partial charge >= 0.3 is 0 Å². The number of benzene rings is 1. The Morgan fingerprint density at radius 3 is 2.33 bits per heavy atom. The second kappa shape index (κ2) is 8.41. The van der Waals surface area contributed by atoms with Gasteiger partial charge in [-0.1, -0.05) is 37.3 Å². The van der Waals surface area contributed by atoms with Gasteiger partial charge in [0.15, 0.2) is 0 Å². The molecule has 128 valence electrons. The Hall–Kier alpha value is -1.71. The van der Waals surface area contributed by atoms with Crippen molar-refractivity contribution >= 4 is 0 Å². The SMILES string of the molecule is C[C@H](CNC1CCN([C@H](C)c2ccncc2)CC1)c1ccccc1. The first-order chi connectivity index (χ1) is 11.7. The van der Waals surface area contributed by atoms with Crippen LogP contribution in [0.2, 0.25) is 0 Å². The highest BCUT2D eigenvalue weighted by molar-refractivity contribution is 5.19. The van der Waals surface area contributed by atoms with Gasteiger partial charge in [0.05, 0.1) is 0 Å².